The van der Waals surface area contributed by atoms with Crippen molar-refractivity contribution in [2.75, 3.05) is 7.11 Å². The molecule has 0 aliphatic rings. The lowest BCUT2D eigenvalue weighted by Crippen LogP contribution is -2.54. The van der Waals surface area contributed by atoms with E-state index in [2.05, 4.69) is 4.74 Å². The van der Waals surface area contributed by atoms with Gasteiger partial charge < -0.3 is 4.74 Å². The molecule has 22 heavy (non-hydrogen) atoms. The molecular formula is C13H10F7NO. The molecule has 1 unspecified atom stereocenters. The smallest absolute Gasteiger partial charge is 0.377 e. The molecule has 0 radical (unpaired) electrons. The largest absolute Gasteiger partial charge is 0.431 e. The Hall–Kier alpha value is -1.82. The van der Waals surface area contributed by atoms with Crippen LogP contribution in [0.3, 0.4) is 0 Å². The molecular weight excluding hydrogens is 319 g/mol. The number of alkyl halides is 7. The van der Waals surface area contributed by atoms with Gasteiger partial charge in [-0.15, -0.1) is 0 Å². The average molecular weight is 329 g/mol. The summed E-state index contributed by atoms with van der Waals surface area (Å²) in [6, 6.07) is 6.32. The number of nitrogens with zero attached hydrogens (tertiary/aromatic N) is 1. The second-order valence-corrected chi connectivity index (χ2v) is 4.46. The first-order chi connectivity index (χ1) is 9.96. The van der Waals surface area contributed by atoms with Crippen LogP contribution >= 0.6 is 0 Å². The van der Waals surface area contributed by atoms with Crippen LogP contribution in [0.5, 0.6) is 0 Å². The fourth-order valence-corrected chi connectivity index (χ4v) is 1.76. The summed E-state index contributed by atoms with van der Waals surface area (Å²) in [6.07, 6.45) is -16.0. The molecule has 0 fully saturated rings. The summed E-state index contributed by atoms with van der Waals surface area (Å²) in [4.78, 5) is 0. The molecule has 1 rings (SSSR count). The van der Waals surface area contributed by atoms with Gasteiger partial charge in [0.15, 0.2) is 0 Å². The Labute approximate surface area is 121 Å². The Morgan fingerprint density at radius 2 is 1.45 bits per heavy atom. The van der Waals surface area contributed by atoms with Gasteiger partial charge in [0.25, 0.3) is 0 Å². The molecule has 2 nitrogen and oxygen atoms in total. The van der Waals surface area contributed by atoms with E-state index in [-0.39, 0.29) is 11.1 Å². The van der Waals surface area contributed by atoms with Gasteiger partial charge in [0.05, 0.1) is 17.7 Å². The molecule has 0 heterocycles. The quantitative estimate of drug-likeness (QED) is 0.764. The zero-order valence-corrected chi connectivity index (χ0v) is 11.1. The SMILES string of the molecule is COC(CC(F)(C(F)(F)F)C(F)(F)F)c1ccc(C#N)cc1. The fraction of sp³-hybridized carbons (Fsp3) is 0.462. The van der Waals surface area contributed by atoms with E-state index < -0.39 is 30.5 Å². The Morgan fingerprint density at radius 1 is 1.00 bits per heavy atom. The van der Waals surface area contributed by atoms with Gasteiger partial charge in [-0.3, -0.25) is 0 Å². The van der Waals surface area contributed by atoms with E-state index in [0.29, 0.717) is 0 Å². The van der Waals surface area contributed by atoms with E-state index in [1.54, 1.807) is 6.07 Å². The Balaban J connectivity index is 3.16. The molecule has 1 aromatic rings. The number of nitriles is 1. The van der Waals surface area contributed by atoms with Crippen LogP contribution in [-0.2, 0) is 4.74 Å². The zero-order valence-electron chi connectivity index (χ0n) is 11.1. The lowest BCUT2D eigenvalue weighted by Gasteiger charge is -2.32. The van der Waals surface area contributed by atoms with Gasteiger partial charge in [-0.25, -0.2) is 4.39 Å². The molecule has 122 valence electrons. The molecule has 1 aromatic carbocycles. The number of hydrogen-bond acceptors (Lipinski definition) is 2. The van der Waals surface area contributed by atoms with Crippen LogP contribution in [0, 0.1) is 11.3 Å². The number of hydrogen-bond donors (Lipinski definition) is 0. The van der Waals surface area contributed by atoms with Crippen molar-refractivity contribution in [2.45, 2.75) is 30.5 Å². The maximum Gasteiger partial charge on any atom is 0.431 e. The Morgan fingerprint density at radius 3 is 1.77 bits per heavy atom. The number of methoxy groups -OCH3 is 1. The van der Waals surface area contributed by atoms with Crippen molar-refractivity contribution >= 4 is 0 Å². The van der Waals surface area contributed by atoms with Crippen LogP contribution < -0.4 is 0 Å². The van der Waals surface area contributed by atoms with Crippen LogP contribution in [0.1, 0.15) is 23.7 Å². The van der Waals surface area contributed by atoms with Crippen molar-refractivity contribution in [1.29, 1.82) is 5.26 Å². The van der Waals surface area contributed by atoms with E-state index in [1.807, 2.05) is 0 Å². The maximum atomic E-state index is 13.7. The molecule has 0 saturated heterocycles. The third-order valence-corrected chi connectivity index (χ3v) is 3.06. The predicted molar refractivity (Wildman–Crippen MR) is 61.5 cm³/mol. The highest BCUT2D eigenvalue weighted by molar-refractivity contribution is 5.32. The normalized spacial score (nSPS) is 14.5. The Bertz CT molecular complexity index is 527. The summed E-state index contributed by atoms with van der Waals surface area (Å²) in [5.74, 6) is 0. The van der Waals surface area contributed by atoms with E-state index >= 15 is 0 Å². The van der Waals surface area contributed by atoms with Crippen molar-refractivity contribution in [1.82, 2.24) is 0 Å². The molecule has 0 aromatic heterocycles. The summed E-state index contributed by atoms with van der Waals surface area (Å²) in [5.41, 5.74) is -5.34. The van der Waals surface area contributed by atoms with Crippen molar-refractivity contribution in [3.05, 3.63) is 35.4 Å². The lowest BCUT2D eigenvalue weighted by molar-refractivity contribution is -0.348. The van der Waals surface area contributed by atoms with Gasteiger partial charge in [-0.05, 0) is 17.7 Å². The number of ether oxygens (including phenoxy) is 1. The Kier molecular flexibility index (Phi) is 5.07. The highest BCUT2D eigenvalue weighted by Gasteiger charge is 2.72. The van der Waals surface area contributed by atoms with E-state index in [9.17, 15) is 30.7 Å². The number of rotatable bonds is 4. The first-order valence-corrected chi connectivity index (χ1v) is 5.81. The molecule has 0 N–H and O–H groups in total. The molecule has 0 bridgehead atoms. The first kappa shape index (κ1) is 18.2. The first-order valence-electron chi connectivity index (χ1n) is 5.81. The van der Waals surface area contributed by atoms with Gasteiger partial charge in [0, 0.05) is 13.5 Å². The van der Waals surface area contributed by atoms with Crippen LogP contribution in [0.2, 0.25) is 0 Å². The van der Waals surface area contributed by atoms with Crippen LogP contribution in [0.4, 0.5) is 30.7 Å². The van der Waals surface area contributed by atoms with Gasteiger partial charge in [0.2, 0.25) is 0 Å². The monoisotopic (exact) mass is 329 g/mol. The molecule has 0 amide bonds. The molecule has 0 saturated carbocycles. The third-order valence-electron chi connectivity index (χ3n) is 3.06. The van der Waals surface area contributed by atoms with E-state index in [1.165, 1.54) is 12.1 Å². The van der Waals surface area contributed by atoms with E-state index in [4.69, 9.17) is 5.26 Å². The number of halogens is 7. The van der Waals surface area contributed by atoms with Crippen molar-refractivity contribution in [3.8, 4) is 6.07 Å². The number of benzene rings is 1. The van der Waals surface area contributed by atoms with Crippen LogP contribution in [-0.4, -0.2) is 25.1 Å². The van der Waals surface area contributed by atoms with Crippen LogP contribution in [0.15, 0.2) is 24.3 Å². The standard InChI is InChI=1S/C13H10F7NO/c1-22-10(9-4-2-8(7-21)3-5-9)6-11(14,12(15,16)17)13(18,19)20/h2-5,10H,6H2,1H3. The highest BCUT2D eigenvalue weighted by atomic mass is 19.4. The summed E-state index contributed by atoms with van der Waals surface area (Å²) >= 11 is 0. The summed E-state index contributed by atoms with van der Waals surface area (Å²) in [6.45, 7) is 0. The van der Waals surface area contributed by atoms with E-state index in [0.717, 1.165) is 19.2 Å². The lowest BCUT2D eigenvalue weighted by atomic mass is 9.92. The van der Waals surface area contributed by atoms with Crippen molar-refractivity contribution in [2.24, 2.45) is 0 Å². The van der Waals surface area contributed by atoms with Crippen molar-refractivity contribution < 1.29 is 35.5 Å². The zero-order chi connectivity index (χ0) is 17.2. The fourth-order valence-electron chi connectivity index (χ4n) is 1.76. The second-order valence-electron chi connectivity index (χ2n) is 4.46. The minimum Gasteiger partial charge on any atom is -0.377 e. The molecule has 0 aliphatic heterocycles. The molecule has 0 aliphatic carbocycles. The topological polar surface area (TPSA) is 33.0 Å². The van der Waals surface area contributed by atoms with Gasteiger partial charge in [0.1, 0.15) is 0 Å². The minimum absolute atomic E-state index is 0.1000. The van der Waals surface area contributed by atoms with Crippen molar-refractivity contribution in [3.63, 3.8) is 0 Å². The van der Waals surface area contributed by atoms with Gasteiger partial charge in [-0.1, -0.05) is 12.1 Å². The van der Waals surface area contributed by atoms with Gasteiger partial charge >= 0.3 is 18.0 Å². The molecule has 0 spiro atoms. The average Bonchev–Trinajstić information content (AvgIpc) is 2.42. The molecule has 9 heteroatoms. The maximum absolute atomic E-state index is 13.7. The van der Waals surface area contributed by atoms with Crippen LogP contribution in [0.25, 0.3) is 0 Å². The second kappa shape index (κ2) is 6.12. The third kappa shape index (κ3) is 3.50. The summed E-state index contributed by atoms with van der Waals surface area (Å²) < 4.78 is 93.5. The molecule has 1 atom stereocenters. The predicted octanol–water partition coefficient (Wildman–Crippen LogP) is 4.47. The highest BCUT2D eigenvalue weighted by Crippen LogP contribution is 2.51. The summed E-state index contributed by atoms with van der Waals surface area (Å²) in [7, 11) is 0.871. The summed E-state index contributed by atoms with van der Waals surface area (Å²) in [5, 5.41) is 8.59. The minimum atomic E-state index is -6.13. The van der Waals surface area contributed by atoms with Gasteiger partial charge in [-0.2, -0.15) is 31.6 Å².